The van der Waals surface area contributed by atoms with Crippen LogP contribution in [-0.2, 0) is 4.79 Å². The Morgan fingerprint density at radius 3 is 2.68 bits per heavy atom. The van der Waals surface area contributed by atoms with Crippen molar-refractivity contribution in [2.45, 2.75) is 31.7 Å². The summed E-state index contributed by atoms with van der Waals surface area (Å²) in [4.78, 5) is 33.5. The molecule has 118 valence electrons. The topological polar surface area (TPSA) is 115 Å². The van der Waals surface area contributed by atoms with Gasteiger partial charge in [0, 0.05) is 23.6 Å². The van der Waals surface area contributed by atoms with Gasteiger partial charge >= 0.3 is 0 Å². The normalized spacial score (nSPS) is 21.1. The van der Waals surface area contributed by atoms with Crippen LogP contribution in [0.15, 0.2) is 18.2 Å². The predicted molar refractivity (Wildman–Crippen MR) is 80.5 cm³/mol. The molecule has 2 amide bonds. The molecule has 1 aromatic carbocycles. The Morgan fingerprint density at radius 1 is 1.36 bits per heavy atom. The number of nitro groups is 1. The molecule has 2 atom stereocenters. The Kier molecular flexibility index (Phi) is 4.97. The number of rotatable bonds is 4. The first-order chi connectivity index (χ1) is 10.4. The fourth-order valence-corrected chi connectivity index (χ4v) is 2.89. The number of primary amides is 1. The van der Waals surface area contributed by atoms with Gasteiger partial charge in [-0.25, -0.2) is 0 Å². The molecule has 0 aliphatic heterocycles. The lowest BCUT2D eigenvalue weighted by Gasteiger charge is -2.27. The Morgan fingerprint density at radius 2 is 2.09 bits per heavy atom. The lowest BCUT2D eigenvalue weighted by Crippen LogP contribution is -2.41. The van der Waals surface area contributed by atoms with E-state index in [1.54, 1.807) is 0 Å². The molecule has 3 N–H and O–H groups in total. The van der Waals surface area contributed by atoms with Gasteiger partial charge < -0.3 is 11.1 Å². The smallest absolute Gasteiger partial charge is 0.287 e. The van der Waals surface area contributed by atoms with Crippen molar-refractivity contribution in [3.63, 3.8) is 0 Å². The number of halogens is 1. The summed E-state index contributed by atoms with van der Waals surface area (Å²) in [6.45, 7) is 0. The third-order valence-electron chi connectivity index (χ3n) is 3.82. The maximum Gasteiger partial charge on any atom is 0.287 e. The molecular formula is C14H16ClN3O4. The zero-order valence-corrected chi connectivity index (χ0v) is 12.5. The minimum atomic E-state index is -0.609. The van der Waals surface area contributed by atoms with Crippen LogP contribution in [0.1, 0.15) is 36.0 Å². The monoisotopic (exact) mass is 325 g/mol. The molecule has 2 rings (SSSR count). The van der Waals surface area contributed by atoms with Crippen LogP contribution >= 0.6 is 11.6 Å². The average Bonchev–Trinajstić information content (AvgIpc) is 2.46. The van der Waals surface area contributed by atoms with E-state index in [-0.39, 0.29) is 40.0 Å². The molecule has 0 radical (unpaired) electrons. The number of hydrogen-bond acceptors (Lipinski definition) is 4. The zero-order valence-electron chi connectivity index (χ0n) is 11.8. The molecule has 1 saturated carbocycles. The molecule has 0 saturated heterocycles. The van der Waals surface area contributed by atoms with Crippen molar-refractivity contribution in [3.8, 4) is 0 Å². The van der Waals surface area contributed by atoms with Gasteiger partial charge in [0.25, 0.3) is 11.6 Å². The van der Waals surface area contributed by atoms with Gasteiger partial charge in [-0.1, -0.05) is 18.0 Å². The quantitative estimate of drug-likeness (QED) is 0.650. The zero-order chi connectivity index (χ0) is 16.3. The summed E-state index contributed by atoms with van der Waals surface area (Å²) in [5, 5.41) is 13.4. The summed E-state index contributed by atoms with van der Waals surface area (Å²) in [6.07, 6.45) is 2.85. The highest BCUT2D eigenvalue weighted by molar-refractivity contribution is 6.33. The first-order valence-corrected chi connectivity index (χ1v) is 7.30. The van der Waals surface area contributed by atoms with Gasteiger partial charge in [-0.15, -0.1) is 0 Å². The second-order valence-electron chi connectivity index (χ2n) is 5.36. The molecular weight excluding hydrogens is 310 g/mol. The molecule has 8 heteroatoms. The summed E-state index contributed by atoms with van der Waals surface area (Å²) < 4.78 is 0. The minimum absolute atomic E-state index is 0.0868. The molecule has 0 aromatic heterocycles. The summed E-state index contributed by atoms with van der Waals surface area (Å²) in [6, 6.07) is 3.69. The number of nitro benzene ring substituents is 1. The molecule has 0 spiro atoms. The number of amides is 2. The third-order valence-corrected chi connectivity index (χ3v) is 4.12. The lowest BCUT2D eigenvalue weighted by molar-refractivity contribution is -0.384. The van der Waals surface area contributed by atoms with Crippen LogP contribution in [0.2, 0.25) is 5.02 Å². The van der Waals surface area contributed by atoms with Gasteiger partial charge in [0.2, 0.25) is 5.91 Å². The number of nitrogens with zero attached hydrogens (tertiary/aromatic N) is 1. The molecule has 0 heterocycles. The highest BCUT2D eigenvalue weighted by atomic mass is 35.5. The SMILES string of the molecule is NC(=O)[C@@H]1CCC[C@@H](NC(=O)c2ccc([N+](=O)[O-])c(Cl)c2)C1. The van der Waals surface area contributed by atoms with E-state index in [0.29, 0.717) is 6.42 Å². The van der Waals surface area contributed by atoms with Crippen molar-refractivity contribution in [3.05, 3.63) is 38.9 Å². The van der Waals surface area contributed by atoms with Gasteiger partial charge in [-0.05, 0) is 31.4 Å². The van der Waals surface area contributed by atoms with Crippen molar-refractivity contribution in [2.24, 2.45) is 11.7 Å². The highest BCUT2D eigenvalue weighted by Crippen LogP contribution is 2.26. The van der Waals surface area contributed by atoms with Gasteiger partial charge in [0.15, 0.2) is 0 Å². The van der Waals surface area contributed by atoms with Crippen molar-refractivity contribution in [1.82, 2.24) is 5.32 Å². The third kappa shape index (κ3) is 3.73. The molecule has 1 aliphatic carbocycles. The number of nitrogens with two attached hydrogens (primary N) is 1. The van der Waals surface area contributed by atoms with Gasteiger partial charge in [0.1, 0.15) is 5.02 Å². The summed E-state index contributed by atoms with van der Waals surface area (Å²) in [7, 11) is 0. The van der Waals surface area contributed by atoms with Crippen molar-refractivity contribution in [1.29, 1.82) is 0 Å². The predicted octanol–water partition coefficient (Wildman–Crippen LogP) is 2.02. The van der Waals surface area contributed by atoms with Crippen molar-refractivity contribution in [2.75, 3.05) is 0 Å². The minimum Gasteiger partial charge on any atom is -0.369 e. The largest absolute Gasteiger partial charge is 0.369 e. The van der Waals surface area contributed by atoms with E-state index in [1.807, 2.05) is 0 Å². The van der Waals surface area contributed by atoms with E-state index in [1.165, 1.54) is 18.2 Å². The molecule has 0 bridgehead atoms. The number of hydrogen-bond donors (Lipinski definition) is 2. The number of benzene rings is 1. The molecule has 1 aromatic rings. The number of carbonyl (C=O) groups is 2. The molecule has 0 unspecified atom stereocenters. The fraction of sp³-hybridized carbons (Fsp3) is 0.429. The fourth-order valence-electron chi connectivity index (χ4n) is 2.64. The molecule has 1 fully saturated rings. The van der Waals surface area contributed by atoms with Crippen LogP contribution < -0.4 is 11.1 Å². The van der Waals surface area contributed by atoms with E-state index in [9.17, 15) is 19.7 Å². The first-order valence-electron chi connectivity index (χ1n) is 6.92. The average molecular weight is 326 g/mol. The summed E-state index contributed by atoms with van der Waals surface area (Å²) in [5.74, 6) is -0.941. The van der Waals surface area contributed by atoms with E-state index in [2.05, 4.69) is 5.32 Å². The van der Waals surface area contributed by atoms with Crippen molar-refractivity contribution < 1.29 is 14.5 Å². The maximum atomic E-state index is 12.2. The van der Waals surface area contributed by atoms with Crippen LogP contribution in [0.25, 0.3) is 0 Å². The van der Waals surface area contributed by atoms with Gasteiger partial charge in [-0.3, -0.25) is 19.7 Å². The second kappa shape index (κ2) is 6.74. The standard InChI is InChI=1S/C14H16ClN3O4/c15-11-7-9(4-5-12(11)18(21)22)14(20)17-10-3-1-2-8(6-10)13(16)19/h4-5,7-8,10H,1-3,6H2,(H2,16,19)(H,17,20)/t8-,10-/m1/s1. The Balaban J connectivity index is 2.04. The van der Waals surface area contributed by atoms with Crippen LogP contribution in [-0.4, -0.2) is 22.8 Å². The van der Waals surface area contributed by atoms with Gasteiger partial charge in [0.05, 0.1) is 4.92 Å². The Hall–Kier alpha value is -2.15. The lowest BCUT2D eigenvalue weighted by atomic mass is 9.85. The van der Waals surface area contributed by atoms with Crippen LogP contribution in [0.5, 0.6) is 0 Å². The van der Waals surface area contributed by atoms with E-state index in [0.717, 1.165) is 19.3 Å². The molecule has 22 heavy (non-hydrogen) atoms. The van der Waals surface area contributed by atoms with Crippen LogP contribution in [0.3, 0.4) is 0 Å². The maximum absolute atomic E-state index is 12.2. The number of carbonyl (C=O) groups excluding carboxylic acids is 2. The first kappa shape index (κ1) is 16.2. The Bertz CT molecular complexity index is 620. The van der Waals surface area contributed by atoms with Crippen LogP contribution in [0.4, 0.5) is 5.69 Å². The van der Waals surface area contributed by atoms with E-state index < -0.39 is 4.92 Å². The van der Waals surface area contributed by atoms with Gasteiger partial charge in [-0.2, -0.15) is 0 Å². The van der Waals surface area contributed by atoms with E-state index in [4.69, 9.17) is 17.3 Å². The second-order valence-corrected chi connectivity index (χ2v) is 5.77. The summed E-state index contributed by atoms with van der Waals surface area (Å²) in [5.41, 5.74) is 5.30. The highest BCUT2D eigenvalue weighted by Gasteiger charge is 2.27. The molecule has 7 nitrogen and oxygen atoms in total. The van der Waals surface area contributed by atoms with Crippen LogP contribution in [0, 0.1) is 16.0 Å². The summed E-state index contributed by atoms with van der Waals surface area (Å²) >= 11 is 5.79. The van der Waals surface area contributed by atoms with Crippen molar-refractivity contribution >= 4 is 29.1 Å². The Labute approximate surface area is 132 Å². The van der Waals surface area contributed by atoms with E-state index >= 15 is 0 Å². The molecule has 1 aliphatic rings. The number of nitrogens with one attached hydrogen (secondary N) is 1.